The van der Waals surface area contributed by atoms with Crippen LogP contribution < -0.4 is 10.2 Å². The van der Waals surface area contributed by atoms with E-state index in [1.165, 1.54) is 55.2 Å². The second-order valence-corrected chi connectivity index (χ2v) is 10.8. The third-order valence-corrected chi connectivity index (χ3v) is 8.49. The van der Waals surface area contributed by atoms with Crippen LogP contribution in [0.5, 0.6) is 0 Å². The molecule has 0 unspecified atom stereocenters. The summed E-state index contributed by atoms with van der Waals surface area (Å²) >= 11 is 2.91. The molecule has 180 valence electrons. The number of nitrogens with zero attached hydrogens (tertiary/aromatic N) is 4. The van der Waals surface area contributed by atoms with E-state index in [9.17, 15) is 9.59 Å². The maximum atomic E-state index is 13.0. The number of carbonyl (C=O) groups excluding carboxylic acids is 2. The minimum absolute atomic E-state index is 0.0321. The number of unbranched alkanes of at least 4 members (excludes halogenated alkanes) is 1. The number of anilines is 1. The van der Waals surface area contributed by atoms with E-state index in [1.54, 1.807) is 7.11 Å². The van der Waals surface area contributed by atoms with Crippen molar-refractivity contribution in [2.45, 2.75) is 56.2 Å². The number of ether oxygens (including phenoxy) is 1. The molecule has 8 nitrogen and oxygen atoms in total. The van der Waals surface area contributed by atoms with Gasteiger partial charge in [0.1, 0.15) is 0 Å². The van der Waals surface area contributed by atoms with Crippen molar-refractivity contribution in [1.82, 2.24) is 20.4 Å². The summed E-state index contributed by atoms with van der Waals surface area (Å²) in [5, 5.41) is 12.2. The minimum Gasteiger partial charge on any atom is -0.383 e. The summed E-state index contributed by atoms with van der Waals surface area (Å²) in [7, 11) is 1.61. The highest BCUT2D eigenvalue weighted by molar-refractivity contribution is 8.01. The molecule has 1 saturated carbocycles. The largest absolute Gasteiger partial charge is 0.383 e. The van der Waals surface area contributed by atoms with Crippen molar-refractivity contribution in [2.24, 2.45) is 11.8 Å². The van der Waals surface area contributed by atoms with Gasteiger partial charge in [0, 0.05) is 45.8 Å². The van der Waals surface area contributed by atoms with Crippen molar-refractivity contribution in [3.05, 3.63) is 0 Å². The van der Waals surface area contributed by atoms with E-state index in [0.29, 0.717) is 24.8 Å². The second-order valence-electron chi connectivity index (χ2n) is 8.65. The van der Waals surface area contributed by atoms with Gasteiger partial charge in [0.2, 0.25) is 16.9 Å². The highest BCUT2D eigenvalue weighted by atomic mass is 32.2. The molecule has 1 aliphatic heterocycles. The van der Waals surface area contributed by atoms with E-state index >= 15 is 0 Å². The molecule has 32 heavy (non-hydrogen) atoms. The van der Waals surface area contributed by atoms with E-state index in [-0.39, 0.29) is 11.8 Å². The summed E-state index contributed by atoms with van der Waals surface area (Å²) in [6.07, 6.45) is 8.46. The minimum atomic E-state index is -0.0321. The van der Waals surface area contributed by atoms with Crippen LogP contribution in [0.2, 0.25) is 0 Å². The quantitative estimate of drug-likeness (QED) is 0.382. The monoisotopic (exact) mass is 483 g/mol. The lowest BCUT2D eigenvalue weighted by molar-refractivity contribution is -0.137. The van der Waals surface area contributed by atoms with Gasteiger partial charge in [0.15, 0.2) is 4.34 Å². The number of carbonyl (C=O) groups is 2. The molecular formula is C22H37N5O3S2. The number of aromatic nitrogens is 2. The van der Waals surface area contributed by atoms with Crippen molar-refractivity contribution in [1.29, 1.82) is 0 Å². The highest BCUT2D eigenvalue weighted by Gasteiger charge is 2.31. The van der Waals surface area contributed by atoms with E-state index in [4.69, 9.17) is 4.74 Å². The van der Waals surface area contributed by atoms with Gasteiger partial charge in [-0.05, 0) is 31.6 Å². The summed E-state index contributed by atoms with van der Waals surface area (Å²) in [6, 6.07) is 0. The lowest BCUT2D eigenvalue weighted by Crippen LogP contribution is -2.50. The van der Waals surface area contributed by atoms with E-state index in [0.717, 1.165) is 54.4 Å². The number of methoxy groups -OCH3 is 1. The third kappa shape index (κ3) is 7.59. The van der Waals surface area contributed by atoms with E-state index in [2.05, 4.69) is 32.2 Å². The van der Waals surface area contributed by atoms with Gasteiger partial charge in [-0.25, -0.2) is 0 Å². The van der Waals surface area contributed by atoms with Crippen LogP contribution in [0.3, 0.4) is 0 Å². The van der Waals surface area contributed by atoms with Crippen molar-refractivity contribution in [3.63, 3.8) is 0 Å². The zero-order chi connectivity index (χ0) is 22.8. The number of hydrogen-bond acceptors (Lipinski definition) is 8. The van der Waals surface area contributed by atoms with Crippen LogP contribution in [0.4, 0.5) is 5.13 Å². The highest BCUT2D eigenvalue weighted by Crippen LogP contribution is 2.33. The van der Waals surface area contributed by atoms with E-state index in [1.807, 2.05) is 0 Å². The van der Waals surface area contributed by atoms with E-state index < -0.39 is 0 Å². The summed E-state index contributed by atoms with van der Waals surface area (Å²) in [4.78, 5) is 29.1. The Morgan fingerprint density at radius 1 is 1.16 bits per heavy atom. The van der Waals surface area contributed by atoms with Crippen LogP contribution in [0.1, 0.15) is 51.9 Å². The van der Waals surface area contributed by atoms with Crippen LogP contribution in [0, 0.1) is 11.8 Å². The first-order valence-electron chi connectivity index (χ1n) is 11.9. The molecule has 3 rings (SSSR count). The number of hydrogen-bond donors (Lipinski definition) is 1. The summed E-state index contributed by atoms with van der Waals surface area (Å²) in [5.41, 5.74) is 0. The Hall–Kier alpha value is -1.39. The topological polar surface area (TPSA) is 87.7 Å². The van der Waals surface area contributed by atoms with Gasteiger partial charge in [-0.2, -0.15) is 0 Å². The fraction of sp³-hybridized carbons (Fsp3) is 0.818. The first-order valence-corrected chi connectivity index (χ1v) is 13.7. The van der Waals surface area contributed by atoms with Gasteiger partial charge in [0.05, 0.1) is 12.4 Å². The molecule has 2 aliphatic rings. The standard InChI is InChI=1S/C22H37N5O3S2/c1-3-4-5-17-6-8-18(9-7-17)20(29)26-11-13-27(14-12-26)21-24-25-22(32-21)31-16-19(28)23-10-15-30-2/h17-18H,3-16H2,1-2H3,(H,23,28). The summed E-state index contributed by atoms with van der Waals surface area (Å²) in [5.74, 6) is 1.69. The summed E-state index contributed by atoms with van der Waals surface area (Å²) < 4.78 is 5.72. The van der Waals surface area contributed by atoms with Crippen molar-refractivity contribution >= 4 is 40.0 Å². The summed E-state index contributed by atoms with van der Waals surface area (Å²) in [6.45, 7) is 6.34. The fourth-order valence-corrected chi connectivity index (χ4v) is 6.15. The molecule has 1 aliphatic carbocycles. The maximum Gasteiger partial charge on any atom is 0.230 e. The number of amides is 2. The van der Waals surface area contributed by atoms with Crippen LogP contribution >= 0.6 is 23.1 Å². The Morgan fingerprint density at radius 2 is 1.91 bits per heavy atom. The first-order chi connectivity index (χ1) is 15.6. The number of nitrogens with one attached hydrogen (secondary N) is 1. The predicted octanol–water partition coefficient (Wildman–Crippen LogP) is 3.04. The van der Waals surface area contributed by atoms with Gasteiger partial charge in [-0.3, -0.25) is 9.59 Å². The van der Waals surface area contributed by atoms with Gasteiger partial charge >= 0.3 is 0 Å². The maximum absolute atomic E-state index is 13.0. The second kappa shape index (κ2) is 13.3. The molecule has 1 N–H and O–H groups in total. The molecule has 1 aromatic rings. The van der Waals surface area contributed by atoms with Crippen molar-refractivity contribution in [3.8, 4) is 0 Å². The van der Waals surface area contributed by atoms with Gasteiger partial charge < -0.3 is 19.9 Å². The molecule has 2 fully saturated rings. The Kier molecular flexibility index (Phi) is 10.5. The normalized spacial score (nSPS) is 21.6. The Labute approximate surface area is 199 Å². The van der Waals surface area contributed by atoms with Crippen LogP contribution in [-0.2, 0) is 14.3 Å². The van der Waals surface area contributed by atoms with Gasteiger partial charge in [0.25, 0.3) is 0 Å². The smallest absolute Gasteiger partial charge is 0.230 e. The average molecular weight is 484 g/mol. The molecule has 10 heteroatoms. The zero-order valence-corrected chi connectivity index (χ0v) is 21.0. The molecule has 2 amide bonds. The lowest BCUT2D eigenvalue weighted by Gasteiger charge is -2.37. The van der Waals surface area contributed by atoms with Crippen LogP contribution in [0.25, 0.3) is 0 Å². The number of thioether (sulfide) groups is 1. The first kappa shape index (κ1) is 25.2. The molecule has 1 saturated heterocycles. The fourth-order valence-electron chi connectivity index (χ4n) is 4.43. The Morgan fingerprint density at radius 3 is 2.59 bits per heavy atom. The molecule has 0 atom stereocenters. The Bertz CT molecular complexity index is 716. The molecule has 0 radical (unpaired) electrons. The molecule has 0 bridgehead atoms. The molecule has 0 aromatic carbocycles. The van der Waals surface area contributed by atoms with Crippen LogP contribution in [0.15, 0.2) is 4.34 Å². The van der Waals surface area contributed by atoms with Gasteiger partial charge in [-0.15, -0.1) is 10.2 Å². The third-order valence-electron chi connectivity index (χ3n) is 6.37. The number of rotatable bonds is 11. The van der Waals surface area contributed by atoms with Gasteiger partial charge in [-0.1, -0.05) is 49.3 Å². The van der Waals surface area contributed by atoms with Crippen molar-refractivity contribution in [2.75, 3.05) is 57.1 Å². The molecular weight excluding hydrogens is 446 g/mol. The van der Waals surface area contributed by atoms with Crippen LogP contribution in [-0.4, -0.2) is 79.1 Å². The molecule has 1 aromatic heterocycles. The molecule has 2 heterocycles. The molecule has 0 spiro atoms. The SMILES string of the molecule is CCCCC1CCC(C(=O)N2CCN(c3nnc(SCC(=O)NCCOC)s3)CC2)CC1. The lowest BCUT2D eigenvalue weighted by atomic mass is 9.79. The predicted molar refractivity (Wildman–Crippen MR) is 129 cm³/mol. The van der Waals surface area contributed by atoms with Crippen molar-refractivity contribution < 1.29 is 14.3 Å². The average Bonchev–Trinajstić information content (AvgIpc) is 3.31. The number of piperazine rings is 1. The Balaban J connectivity index is 1.37. The zero-order valence-electron chi connectivity index (χ0n) is 19.4.